The highest BCUT2D eigenvalue weighted by Gasteiger charge is 2.28. The van der Waals surface area contributed by atoms with E-state index in [1.165, 1.54) is 0 Å². The lowest BCUT2D eigenvalue weighted by atomic mass is 9.84. The minimum Gasteiger partial charge on any atom is -0.466 e. The Morgan fingerprint density at radius 2 is 2.46 bits per heavy atom. The summed E-state index contributed by atoms with van der Waals surface area (Å²) in [4.78, 5) is 11.3. The Bertz CT molecular complexity index is 210. The minimum absolute atomic E-state index is 0.138. The van der Waals surface area contributed by atoms with E-state index < -0.39 is 6.10 Å². The van der Waals surface area contributed by atoms with E-state index in [0.29, 0.717) is 13.0 Å². The van der Waals surface area contributed by atoms with Crippen LogP contribution >= 0.6 is 0 Å². The van der Waals surface area contributed by atoms with Crippen molar-refractivity contribution in [2.24, 2.45) is 5.92 Å². The van der Waals surface area contributed by atoms with Crippen molar-refractivity contribution in [2.75, 3.05) is 6.61 Å². The Morgan fingerprint density at radius 3 is 3.00 bits per heavy atom. The van der Waals surface area contributed by atoms with Crippen LogP contribution in [0.5, 0.6) is 0 Å². The summed E-state index contributed by atoms with van der Waals surface area (Å²) in [5, 5.41) is 9.46. The van der Waals surface area contributed by atoms with E-state index in [1.54, 1.807) is 6.92 Å². The molecule has 0 bridgehead atoms. The van der Waals surface area contributed by atoms with Gasteiger partial charge in [-0.05, 0) is 31.8 Å². The molecule has 2 unspecified atom stereocenters. The summed E-state index contributed by atoms with van der Waals surface area (Å²) >= 11 is 0. The van der Waals surface area contributed by atoms with Gasteiger partial charge in [-0.3, -0.25) is 4.79 Å². The first-order valence-electron chi connectivity index (χ1n) is 4.67. The number of esters is 1. The molecular formula is C10H16O3. The molecule has 74 valence electrons. The lowest BCUT2D eigenvalue weighted by Crippen LogP contribution is -2.28. The van der Waals surface area contributed by atoms with E-state index in [4.69, 9.17) is 4.74 Å². The summed E-state index contributed by atoms with van der Waals surface area (Å²) in [6, 6.07) is 0. The van der Waals surface area contributed by atoms with E-state index in [1.807, 2.05) is 0 Å². The average molecular weight is 184 g/mol. The maximum atomic E-state index is 11.3. The molecule has 1 aliphatic carbocycles. The number of aliphatic hydroxyl groups is 1. The van der Waals surface area contributed by atoms with Gasteiger partial charge in [0.15, 0.2) is 0 Å². The van der Waals surface area contributed by atoms with Crippen LogP contribution in [-0.4, -0.2) is 23.8 Å². The Labute approximate surface area is 78.4 Å². The van der Waals surface area contributed by atoms with Crippen LogP contribution < -0.4 is 0 Å². The lowest BCUT2D eigenvalue weighted by molar-refractivity contribution is -0.149. The van der Waals surface area contributed by atoms with Crippen molar-refractivity contribution in [1.29, 1.82) is 0 Å². The second-order valence-corrected chi connectivity index (χ2v) is 3.40. The second kappa shape index (κ2) is 4.42. The standard InChI is InChI=1S/C10H16O3/c1-3-13-10(12)8-5-4-7(2)9(11)6-8/h8-9,11H,2-6H2,1H3. The summed E-state index contributed by atoms with van der Waals surface area (Å²) in [6.45, 7) is 5.93. The summed E-state index contributed by atoms with van der Waals surface area (Å²) in [5.74, 6) is -0.325. The predicted octanol–water partition coefficient (Wildman–Crippen LogP) is 1.27. The third-order valence-corrected chi connectivity index (χ3v) is 2.41. The molecule has 3 heteroatoms. The van der Waals surface area contributed by atoms with Gasteiger partial charge in [0.25, 0.3) is 0 Å². The normalized spacial score (nSPS) is 28.6. The van der Waals surface area contributed by atoms with Crippen molar-refractivity contribution in [3.05, 3.63) is 12.2 Å². The Hall–Kier alpha value is -0.830. The smallest absolute Gasteiger partial charge is 0.309 e. The monoisotopic (exact) mass is 184 g/mol. The van der Waals surface area contributed by atoms with E-state index in [2.05, 4.69) is 6.58 Å². The van der Waals surface area contributed by atoms with Gasteiger partial charge in [0.1, 0.15) is 0 Å². The van der Waals surface area contributed by atoms with E-state index in [9.17, 15) is 9.90 Å². The van der Waals surface area contributed by atoms with Gasteiger partial charge in [-0.1, -0.05) is 6.58 Å². The van der Waals surface area contributed by atoms with Crippen LogP contribution in [-0.2, 0) is 9.53 Å². The number of carbonyl (C=O) groups excluding carboxylic acids is 1. The molecule has 1 N–H and O–H groups in total. The van der Waals surface area contributed by atoms with Gasteiger partial charge < -0.3 is 9.84 Å². The number of aliphatic hydroxyl groups excluding tert-OH is 1. The topological polar surface area (TPSA) is 46.5 Å². The van der Waals surface area contributed by atoms with Crippen molar-refractivity contribution in [2.45, 2.75) is 32.3 Å². The van der Waals surface area contributed by atoms with Gasteiger partial charge in [-0.2, -0.15) is 0 Å². The van der Waals surface area contributed by atoms with Gasteiger partial charge in [-0.25, -0.2) is 0 Å². The third kappa shape index (κ3) is 2.56. The van der Waals surface area contributed by atoms with Crippen LogP contribution in [0.1, 0.15) is 26.2 Å². The Morgan fingerprint density at radius 1 is 1.77 bits per heavy atom. The number of ether oxygens (including phenoxy) is 1. The zero-order valence-corrected chi connectivity index (χ0v) is 7.95. The highest BCUT2D eigenvalue weighted by Crippen LogP contribution is 2.28. The number of hydrogen-bond acceptors (Lipinski definition) is 3. The van der Waals surface area contributed by atoms with Crippen LogP contribution in [0.15, 0.2) is 12.2 Å². The molecule has 1 saturated carbocycles. The maximum absolute atomic E-state index is 11.3. The summed E-state index contributed by atoms with van der Waals surface area (Å²) < 4.78 is 4.89. The second-order valence-electron chi connectivity index (χ2n) is 3.40. The molecule has 13 heavy (non-hydrogen) atoms. The van der Waals surface area contributed by atoms with Crippen molar-refractivity contribution in [3.8, 4) is 0 Å². The van der Waals surface area contributed by atoms with Gasteiger partial charge in [0.2, 0.25) is 0 Å². The summed E-state index contributed by atoms with van der Waals surface area (Å²) in [5.41, 5.74) is 0.834. The molecule has 0 heterocycles. The fraction of sp³-hybridized carbons (Fsp3) is 0.700. The minimum atomic E-state index is -0.525. The molecule has 0 amide bonds. The molecular weight excluding hydrogens is 168 g/mol. The highest BCUT2D eigenvalue weighted by molar-refractivity contribution is 5.72. The van der Waals surface area contributed by atoms with Crippen molar-refractivity contribution in [3.63, 3.8) is 0 Å². The molecule has 1 rings (SSSR count). The van der Waals surface area contributed by atoms with Crippen molar-refractivity contribution in [1.82, 2.24) is 0 Å². The molecule has 0 aromatic heterocycles. The molecule has 0 aliphatic heterocycles. The average Bonchev–Trinajstić information content (AvgIpc) is 2.10. The van der Waals surface area contributed by atoms with Crippen LogP contribution in [0.25, 0.3) is 0 Å². The Kier molecular flexibility index (Phi) is 3.48. The van der Waals surface area contributed by atoms with Crippen LogP contribution in [0, 0.1) is 5.92 Å². The lowest BCUT2D eigenvalue weighted by Gasteiger charge is -2.26. The quantitative estimate of drug-likeness (QED) is 0.519. The van der Waals surface area contributed by atoms with E-state index in [-0.39, 0.29) is 11.9 Å². The fourth-order valence-corrected chi connectivity index (χ4v) is 1.55. The molecule has 1 fully saturated rings. The van der Waals surface area contributed by atoms with Crippen molar-refractivity contribution < 1.29 is 14.6 Å². The SMILES string of the molecule is C=C1CCC(C(=O)OCC)CC1O. The molecule has 0 aromatic rings. The van der Waals surface area contributed by atoms with E-state index in [0.717, 1.165) is 18.4 Å². The largest absolute Gasteiger partial charge is 0.466 e. The zero-order valence-electron chi connectivity index (χ0n) is 7.95. The molecule has 0 aromatic carbocycles. The number of carbonyl (C=O) groups is 1. The van der Waals surface area contributed by atoms with Gasteiger partial charge in [0.05, 0.1) is 18.6 Å². The molecule has 3 nitrogen and oxygen atoms in total. The molecule has 2 atom stereocenters. The van der Waals surface area contributed by atoms with Crippen molar-refractivity contribution >= 4 is 5.97 Å². The summed E-state index contributed by atoms with van der Waals surface area (Å²) in [7, 11) is 0. The first kappa shape index (κ1) is 10.3. The van der Waals surface area contributed by atoms with Crippen LogP contribution in [0.3, 0.4) is 0 Å². The molecule has 0 spiro atoms. The summed E-state index contributed by atoms with van der Waals surface area (Å²) in [6.07, 6.45) is 1.43. The fourth-order valence-electron chi connectivity index (χ4n) is 1.55. The molecule has 0 saturated heterocycles. The maximum Gasteiger partial charge on any atom is 0.309 e. The van der Waals surface area contributed by atoms with Crippen LogP contribution in [0.2, 0.25) is 0 Å². The molecule has 1 aliphatic rings. The van der Waals surface area contributed by atoms with Gasteiger partial charge in [-0.15, -0.1) is 0 Å². The highest BCUT2D eigenvalue weighted by atomic mass is 16.5. The predicted molar refractivity (Wildman–Crippen MR) is 49.1 cm³/mol. The first-order chi connectivity index (χ1) is 6.15. The van der Waals surface area contributed by atoms with Gasteiger partial charge in [0, 0.05) is 0 Å². The first-order valence-corrected chi connectivity index (χ1v) is 4.67. The van der Waals surface area contributed by atoms with Crippen LogP contribution in [0.4, 0.5) is 0 Å². The third-order valence-electron chi connectivity index (χ3n) is 2.41. The number of rotatable bonds is 2. The Balaban J connectivity index is 2.45. The van der Waals surface area contributed by atoms with Gasteiger partial charge >= 0.3 is 5.97 Å². The zero-order chi connectivity index (χ0) is 9.84. The number of hydrogen-bond donors (Lipinski definition) is 1. The van der Waals surface area contributed by atoms with E-state index >= 15 is 0 Å². The molecule has 0 radical (unpaired) electrons.